The van der Waals surface area contributed by atoms with Crippen molar-refractivity contribution in [2.75, 3.05) is 4.90 Å². The summed E-state index contributed by atoms with van der Waals surface area (Å²) < 4.78 is 9.71. The molecule has 0 spiro atoms. The number of anilines is 3. The van der Waals surface area contributed by atoms with E-state index < -0.39 is 0 Å². The standard InChI is InChI=1S/C67H45NOS/c1-67(2)61-21-10-8-17-54(61)55-37-32-48(39-62(55)67)44-23-25-47(26-24-44)59-40-51(41-60-57-38-31-45-15-6-7-16-52(45)64(57)69-65(59)60)68(49-33-27-43(28-34-49)42-13-4-3-5-14-42)50-35-29-46(30-36-50)53-19-12-20-58-56-18-9-11-22-63(56)70-66(53)58/h3-41H,1-2H3. The second-order valence-corrected chi connectivity index (χ2v) is 20.3. The molecule has 3 heteroatoms. The van der Waals surface area contributed by atoms with Crippen molar-refractivity contribution in [3.63, 3.8) is 0 Å². The minimum atomic E-state index is -0.0688. The fourth-order valence-corrected chi connectivity index (χ4v) is 12.5. The number of nitrogens with zero attached hydrogens (tertiary/aromatic N) is 1. The van der Waals surface area contributed by atoms with Gasteiger partial charge in [-0.15, -0.1) is 11.3 Å². The molecule has 0 atom stereocenters. The molecule has 0 unspecified atom stereocenters. The van der Waals surface area contributed by atoms with Crippen LogP contribution in [0.25, 0.3) is 109 Å². The summed E-state index contributed by atoms with van der Waals surface area (Å²) in [4.78, 5) is 2.40. The van der Waals surface area contributed by atoms with E-state index in [4.69, 9.17) is 4.42 Å². The third kappa shape index (κ3) is 6.39. The normalized spacial score (nSPS) is 12.8. The van der Waals surface area contributed by atoms with Gasteiger partial charge in [-0.05, 0) is 121 Å². The fraction of sp³-hybridized carbons (Fsp3) is 0.0448. The molecule has 1 aliphatic carbocycles. The summed E-state index contributed by atoms with van der Waals surface area (Å²) in [5.74, 6) is 0. The molecule has 0 fully saturated rings. The van der Waals surface area contributed by atoms with Gasteiger partial charge in [0.15, 0.2) is 0 Å². The lowest BCUT2D eigenvalue weighted by Crippen LogP contribution is -2.14. The van der Waals surface area contributed by atoms with Gasteiger partial charge < -0.3 is 9.32 Å². The lowest BCUT2D eigenvalue weighted by atomic mass is 9.81. The first-order chi connectivity index (χ1) is 34.4. The first-order valence-corrected chi connectivity index (χ1v) is 25.0. The average molecular weight is 912 g/mol. The van der Waals surface area contributed by atoms with Crippen LogP contribution in [0.15, 0.2) is 241 Å². The second kappa shape index (κ2) is 15.8. The Kier molecular flexibility index (Phi) is 9.14. The molecule has 0 saturated heterocycles. The topological polar surface area (TPSA) is 16.4 Å². The van der Waals surface area contributed by atoms with Crippen LogP contribution in [0.1, 0.15) is 25.0 Å². The van der Waals surface area contributed by atoms with Crippen LogP contribution in [0.2, 0.25) is 0 Å². The molecule has 0 amide bonds. The molecule has 2 aromatic heterocycles. The zero-order valence-corrected chi connectivity index (χ0v) is 39.6. The highest BCUT2D eigenvalue weighted by atomic mass is 32.1. The van der Waals surface area contributed by atoms with Crippen molar-refractivity contribution in [2.24, 2.45) is 0 Å². The van der Waals surface area contributed by atoms with Crippen LogP contribution in [-0.4, -0.2) is 0 Å². The molecule has 0 aliphatic heterocycles. The molecule has 0 N–H and O–H groups in total. The highest BCUT2D eigenvalue weighted by Gasteiger charge is 2.35. The molecule has 2 heterocycles. The zero-order valence-electron chi connectivity index (χ0n) is 38.8. The molecule has 1 aliphatic rings. The van der Waals surface area contributed by atoms with Gasteiger partial charge in [0, 0.05) is 64.4 Å². The van der Waals surface area contributed by atoms with Crippen LogP contribution in [-0.2, 0) is 5.41 Å². The maximum atomic E-state index is 7.09. The van der Waals surface area contributed by atoms with Gasteiger partial charge in [0.05, 0.1) is 0 Å². The van der Waals surface area contributed by atoms with Crippen LogP contribution in [0.4, 0.5) is 17.1 Å². The third-order valence-electron chi connectivity index (χ3n) is 14.9. The molecule has 11 aromatic carbocycles. The highest BCUT2D eigenvalue weighted by Crippen LogP contribution is 2.50. The smallest absolute Gasteiger partial charge is 0.143 e. The molecule has 70 heavy (non-hydrogen) atoms. The minimum Gasteiger partial charge on any atom is -0.455 e. The Morgan fingerprint density at radius 2 is 0.929 bits per heavy atom. The van der Waals surface area contributed by atoms with Gasteiger partial charge in [0.2, 0.25) is 0 Å². The Bertz CT molecular complexity index is 4180. The predicted octanol–water partition coefficient (Wildman–Crippen LogP) is 19.6. The Labute approximate surface area is 411 Å². The molecule has 14 rings (SSSR count). The maximum Gasteiger partial charge on any atom is 0.143 e. The summed E-state index contributed by atoms with van der Waals surface area (Å²) >= 11 is 1.87. The van der Waals surface area contributed by atoms with E-state index >= 15 is 0 Å². The monoisotopic (exact) mass is 911 g/mol. The number of hydrogen-bond acceptors (Lipinski definition) is 3. The van der Waals surface area contributed by atoms with Crippen molar-refractivity contribution in [1.82, 2.24) is 0 Å². The molecule has 0 radical (unpaired) electrons. The summed E-state index contributed by atoms with van der Waals surface area (Å²) in [7, 11) is 0. The number of benzene rings is 11. The largest absolute Gasteiger partial charge is 0.455 e. The van der Waals surface area contributed by atoms with E-state index in [1.807, 2.05) is 11.3 Å². The Hall–Kier alpha value is -8.50. The van der Waals surface area contributed by atoms with Crippen molar-refractivity contribution in [2.45, 2.75) is 19.3 Å². The molecular weight excluding hydrogens is 867 g/mol. The molecular formula is C67H45NOS. The van der Waals surface area contributed by atoms with Crippen LogP contribution in [0.3, 0.4) is 0 Å². The maximum absolute atomic E-state index is 7.09. The first-order valence-electron chi connectivity index (χ1n) is 24.1. The molecule has 0 bridgehead atoms. The lowest BCUT2D eigenvalue weighted by Gasteiger charge is -2.27. The van der Waals surface area contributed by atoms with Crippen molar-refractivity contribution >= 4 is 81.3 Å². The molecule has 0 saturated carbocycles. The zero-order chi connectivity index (χ0) is 46.5. The second-order valence-electron chi connectivity index (χ2n) is 19.2. The predicted molar refractivity (Wildman–Crippen MR) is 298 cm³/mol. The highest BCUT2D eigenvalue weighted by molar-refractivity contribution is 7.26. The third-order valence-corrected chi connectivity index (χ3v) is 16.1. The van der Waals surface area contributed by atoms with Gasteiger partial charge >= 0.3 is 0 Å². The van der Waals surface area contributed by atoms with Crippen LogP contribution < -0.4 is 4.90 Å². The summed E-state index contributed by atoms with van der Waals surface area (Å²) in [5, 5.41) is 7.06. The van der Waals surface area contributed by atoms with E-state index in [1.165, 1.54) is 75.8 Å². The lowest BCUT2D eigenvalue weighted by molar-refractivity contribution is 0.660. The number of thiophene rings is 1. The van der Waals surface area contributed by atoms with Crippen molar-refractivity contribution in [1.29, 1.82) is 0 Å². The van der Waals surface area contributed by atoms with E-state index in [-0.39, 0.29) is 5.41 Å². The average Bonchev–Trinajstić information content (AvgIpc) is 4.07. The van der Waals surface area contributed by atoms with E-state index in [1.54, 1.807) is 0 Å². The van der Waals surface area contributed by atoms with E-state index in [2.05, 4.69) is 255 Å². The van der Waals surface area contributed by atoms with Crippen LogP contribution >= 0.6 is 11.3 Å². The van der Waals surface area contributed by atoms with Crippen molar-refractivity contribution in [3.05, 3.63) is 248 Å². The number of fused-ring (bicyclic) bond motifs is 11. The SMILES string of the molecule is CC1(C)c2ccccc2-c2ccc(-c3ccc(-c4cc(N(c5ccc(-c6ccccc6)cc5)c5ccc(-c6cccc7c6sc6ccccc67)cc5)cc5c4oc4c6ccccc6ccc54)cc3)cc21. The quantitative estimate of drug-likeness (QED) is 0.158. The molecule has 13 aromatic rings. The van der Waals surface area contributed by atoms with Gasteiger partial charge in [-0.3, -0.25) is 0 Å². The first kappa shape index (κ1) is 40.6. The Morgan fingerprint density at radius 1 is 0.343 bits per heavy atom. The molecule has 2 nitrogen and oxygen atoms in total. The van der Waals surface area contributed by atoms with E-state index in [0.29, 0.717) is 0 Å². The number of rotatable bonds is 7. The van der Waals surface area contributed by atoms with Crippen molar-refractivity contribution in [3.8, 4) is 55.6 Å². The van der Waals surface area contributed by atoms with Gasteiger partial charge in [-0.2, -0.15) is 0 Å². The molecule has 330 valence electrons. The van der Waals surface area contributed by atoms with Crippen LogP contribution in [0.5, 0.6) is 0 Å². The van der Waals surface area contributed by atoms with Crippen LogP contribution in [0, 0.1) is 0 Å². The summed E-state index contributed by atoms with van der Waals surface area (Å²) in [6.07, 6.45) is 0. The van der Waals surface area contributed by atoms with Gasteiger partial charge in [0.1, 0.15) is 11.2 Å². The Balaban J connectivity index is 0.934. The minimum absolute atomic E-state index is 0.0688. The van der Waals surface area contributed by atoms with Gasteiger partial charge in [-0.25, -0.2) is 0 Å². The summed E-state index contributed by atoms with van der Waals surface area (Å²) in [6.45, 7) is 4.70. The van der Waals surface area contributed by atoms with E-state index in [0.717, 1.165) is 60.9 Å². The summed E-state index contributed by atoms with van der Waals surface area (Å²) in [6, 6.07) is 86.8. The van der Waals surface area contributed by atoms with Gasteiger partial charge in [0.25, 0.3) is 0 Å². The number of furan rings is 1. The fourth-order valence-electron chi connectivity index (χ4n) is 11.3. The number of hydrogen-bond donors (Lipinski definition) is 0. The van der Waals surface area contributed by atoms with Crippen molar-refractivity contribution < 1.29 is 4.42 Å². The Morgan fingerprint density at radius 3 is 1.74 bits per heavy atom. The van der Waals surface area contributed by atoms with Gasteiger partial charge in [-0.1, -0.05) is 196 Å². The van der Waals surface area contributed by atoms with E-state index in [9.17, 15) is 0 Å². The summed E-state index contributed by atoms with van der Waals surface area (Å²) in [5.41, 5.74) is 19.7.